The van der Waals surface area contributed by atoms with Crippen LogP contribution in [0, 0.1) is 0 Å². The normalized spacial score (nSPS) is 22.7. The van der Waals surface area contributed by atoms with Crippen molar-refractivity contribution in [3.63, 3.8) is 0 Å². The molecule has 0 saturated carbocycles. The molecule has 4 aromatic rings. The van der Waals surface area contributed by atoms with Crippen molar-refractivity contribution in [2.24, 2.45) is 0 Å². The fourth-order valence-electron chi connectivity index (χ4n) is 5.77. The van der Waals surface area contributed by atoms with Crippen LogP contribution in [0.4, 0.5) is 0 Å². The first-order valence-electron chi connectivity index (χ1n) is 11.2. The molecule has 5 rings (SSSR count). The summed E-state index contributed by atoms with van der Waals surface area (Å²) >= 11 is 5.91. The summed E-state index contributed by atoms with van der Waals surface area (Å²) in [5, 5.41) is 5.98. The van der Waals surface area contributed by atoms with Crippen LogP contribution < -0.4 is 21.2 Å². The molecule has 0 amide bonds. The molecule has 0 N–H and O–H groups in total. The van der Waals surface area contributed by atoms with Crippen LogP contribution in [-0.2, 0) is 0 Å². The van der Waals surface area contributed by atoms with Gasteiger partial charge in [0.25, 0.3) is 0 Å². The van der Waals surface area contributed by atoms with Gasteiger partial charge in [0.15, 0.2) is 0 Å². The van der Waals surface area contributed by atoms with Crippen LogP contribution >= 0.6 is 52.6 Å². The number of allylic oxidation sites excluding steroid dienone is 1. The van der Waals surface area contributed by atoms with Crippen LogP contribution in [0.3, 0.4) is 0 Å². The maximum atomic E-state index is 4.75. The maximum absolute atomic E-state index is 4.75. The molecule has 0 unspecified atom stereocenters. The van der Waals surface area contributed by atoms with Crippen LogP contribution in [0.15, 0.2) is 133 Å². The van der Waals surface area contributed by atoms with Gasteiger partial charge in [0, 0.05) is 0 Å². The van der Waals surface area contributed by atoms with E-state index in [2.05, 4.69) is 165 Å². The molecule has 4 aromatic carbocycles. The van der Waals surface area contributed by atoms with Gasteiger partial charge in [-0.25, -0.2) is 0 Å². The molecule has 4 heteroatoms. The quantitative estimate of drug-likeness (QED) is 0.117. The number of rotatable bonds is 4. The van der Waals surface area contributed by atoms with E-state index in [0.717, 1.165) is 12.3 Å². The Labute approximate surface area is 223 Å². The molecule has 33 heavy (non-hydrogen) atoms. The van der Waals surface area contributed by atoms with E-state index in [1.165, 1.54) is 32.7 Å². The SMILES string of the molecule is C=C1CP(I)(c2ccccc2)(c2ccccc2)CP(I)(c2ccccc2)(c2ccccc2)C1. The molecule has 1 fully saturated rings. The zero-order valence-electron chi connectivity index (χ0n) is 18.5. The number of hydrogen-bond donors (Lipinski definition) is 0. The van der Waals surface area contributed by atoms with E-state index in [9.17, 15) is 0 Å². The predicted molar refractivity (Wildman–Crippen MR) is 170 cm³/mol. The van der Waals surface area contributed by atoms with Crippen molar-refractivity contribution in [2.75, 3.05) is 18.2 Å². The van der Waals surface area contributed by atoms with Gasteiger partial charge >= 0.3 is 225 Å². The molecule has 0 atom stereocenters. The summed E-state index contributed by atoms with van der Waals surface area (Å²) in [6.07, 6.45) is 2.14. The van der Waals surface area contributed by atoms with Crippen molar-refractivity contribution in [1.29, 1.82) is 0 Å². The summed E-state index contributed by atoms with van der Waals surface area (Å²) < 4.78 is -5.34. The van der Waals surface area contributed by atoms with Gasteiger partial charge in [0.1, 0.15) is 0 Å². The molecule has 1 aliphatic rings. The van der Waals surface area contributed by atoms with Gasteiger partial charge in [-0.15, -0.1) is 0 Å². The van der Waals surface area contributed by atoms with Gasteiger partial charge in [-0.1, -0.05) is 0 Å². The fraction of sp³-hybridized carbons (Fsp3) is 0.103. The monoisotopic (exact) mass is 692 g/mol. The summed E-state index contributed by atoms with van der Waals surface area (Å²) in [6, 6.07) is 45.4. The molecule has 1 saturated heterocycles. The van der Waals surface area contributed by atoms with Gasteiger partial charge in [0.2, 0.25) is 0 Å². The molecule has 1 heterocycles. The van der Waals surface area contributed by atoms with Crippen molar-refractivity contribution < 1.29 is 0 Å². The van der Waals surface area contributed by atoms with Crippen molar-refractivity contribution >= 4 is 73.8 Å². The standard InChI is InChI=1S/C29H28I2P2/c1-25-22-32(30,26-14-6-2-7-15-26,27-16-8-3-9-17-27)24-33(31,23-25,28-18-10-4-11-19-28)29-20-12-5-13-21-29/h2-21H,1,22-24H2. The zero-order chi connectivity index (χ0) is 23.0. The van der Waals surface area contributed by atoms with Crippen LogP contribution in [-0.4, -0.2) is 18.2 Å². The van der Waals surface area contributed by atoms with E-state index in [4.69, 9.17) is 6.58 Å². The van der Waals surface area contributed by atoms with E-state index in [0.29, 0.717) is 0 Å². The average molecular weight is 692 g/mol. The Morgan fingerprint density at radius 3 is 0.939 bits per heavy atom. The molecular weight excluding hydrogens is 664 g/mol. The third-order valence-corrected chi connectivity index (χ3v) is 34.2. The van der Waals surface area contributed by atoms with E-state index in [1.807, 2.05) is 0 Å². The molecule has 0 radical (unpaired) electrons. The first-order chi connectivity index (χ1) is 15.9. The van der Waals surface area contributed by atoms with Crippen LogP contribution in [0.1, 0.15) is 0 Å². The van der Waals surface area contributed by atoms with Crippen molar-refractivity contribution in [2.45, 2.75) is 0 Å². The molecule has 0 bridgehead atoms. The Balaban J connectivity index is 1.91. The van der Waals surface area contributed by atoms with E-state index >= 15 is 0 Å². The van der Waals surface area contributed by atoms with E-state index < -0.39 is 8.49 Å². The summed E-state index contributed by atoms with van der Waals surface area (Å²) in [5.41, 5.74) is 1.39. The Kier molecular flexibility index (Phi) is 6.14. The molecule has 0 spiro atoms. The number of hydrogen-bond acceptors (Lipinski definition) is 0. The van der Waals surface area contributed by atoms with Crippen LogP contribution in [0.2, 0.25) is 0 Å². The average Bonchev–Trinajstić information content (AvgIpc) is 2.86. The van der Waals surface area contributed by atoms with Gasteiger partial charge < -0.3 is 0 Å². The fourth-order valence-corrected chi connectivity index (χ4v) is 45.2. The van der Waals surface area contributed by atoms with Gasteiger partial charge in [-0.05, 0) is 0 Å². The van der Waals surface area contributed by atoms with Crippen molar-refractivity contribution in [1.82, 2.24) is 0 Å². The Morgan fingerprint density at radius 1 is 0.455 bits per heavy atom. The van der Waals surface area contributed by atoms with Gasteiger partial charge in [-0.3, -0.25) is 0 Å². The third-order valence-electron chi connectivity index (χ3n) is 7.09. The zero-order valence-corrected chi connectivity index (χ0v) is 24.6. The summed E-state index contributed by atoms with van der Waals surface area (Å²) in [6.45, 7) is 4.75. The minimum atomic E-state index is -2.67. The first kappa shape index (κ1) is 23.7. The van der Waals surface area contributed by atoms with Gasteiger partial charge in [-0.2, -0.15) is 0 Å². The van der Waals surface area contributed by atoms with E-state index in [1.54, 1.807) is 0 Å². The first-order valence-corrected chi connectivity index (χ1v) is 22.0. The second-order valence-electron chi connectivity index (χ2n) is 9.30. The molecule has 0 nitrogen and oxygen atoms in total. The van der Waals surface area contributed by atoms with Crippen molar-refractivity contribution in [3.8, 4) is 0 Å². The molecule has 0 aromatic heterocycles. The molecule has 1 aliphatic heterocycles. The Bertz CT molecular complexity index is 1110. The Morgan fingerprint density at radius 2 is 0.697 bits per heavy atom. The molecule has 168 valence electrons. The van der Waals surface area contributed by atoms with Gasteiger partial charge in [0.05, 0.1) is 0 Å². The summed E-state index contributed by atoms with van der Waals surface area (Å²) in [5.74, 6) is 1.18. The van der Waals surface area contributed by atoms with Crippen LogP contribution in [0.5, 0.6) is 0 Å². The topological polar surface area (TPSA) is 0 Å². The second-order valence-corrected chi connectivity index (χ2v) is 32.6. The Hall–Kier alpha value is -1.06. The van der Waals surface area contributed by atoms with Crippen LogP contribution in [0.25, 0.3) is 0 Å². The van der Waals surface area contributed by atoms with Crippen molar-refractivity contribution in [3.05, 3.63) is 133 Å². The number of benzene rings is 4. The summed E-state index contributed by atoms with van der Waals surface area (Å²) in [4.78, 5) is 0. The summed E-state index contributed by atoms with van der Waals surface area (Å²) in [7, 11) is 0. The van der Waals surface area contributed by atoms with E-state index in [-0.39, 0.29) is 0 Å². The second kappa shape index (κ2) is 8.55. The predicted octanol–water partition coefficient (Wildman–Crippen LogP) is 7.62. The minimum absolute atomic E-state index is 1.07. The number of halogens is 2. The molecule has 0 aliphatic carbocycles. The molecular formula is C29H28I2P2. The third kappa shape index (κ3) is 3.77.